The van der Waals surface area contributed by atoms with E-state index in [-0.39, 0.29) is 10.6 Å². The Kier molecular flexibility index (Phi) is 4.75. The quantitative estimate of drug-likeness (QED) is 0.825. The number of rotatable bonds is 6. The summed E-state index contributed by atoms with van der Waals surface area (Å²) >= 11 is 0. The van der Waals surface area contributed by atoms with Gasteiger partial charge < -0.3 is 15.2 Å². The minimum absolute atomic E-state index is 0.0732. The van der Waals surface area contributed by atoms with Gasteiger partial charge in [0.15, 0.2) is 0 Å². The van der Waals surface area contributed by atoms with Crippen molar-refractivity contribution in [3.63, 3.8) is 0 Å². The minimum atomic E-state index is -3.72. The molecule has 0 amide bonds. The fraction of sp³-hybridized carbons (Fsp3) is 0.571. The molecular weight excluding hydrogens is 292 g/mol. The molecule has 0 radical (unpaired) electrons. The van der Waals surface area contributed by atoms with Crippen molar-refractivity contribution >= 4 is 10.0 Å². The molecule has 0 saturated heterocycles. The Hall–Kier alpha value is -1.31. The highest BCUT2D eigenvalue weighted by molar-refractivity contribution is 7.89. The second-order valence-electron chi connectivity index (χ2n) is 5.31. The SMILES string of the molecule is COc1ccc(OC)c(S(=O)(=O)NC2(CN)CCCC2)c1. The standard InChI is InChI=1S/C14H22N2O4S/c1-19-11-5-6-12(20-2)13(9-11)21(17,18)16-14(10-15)7-3-4-8-14/h5-6,9,16H,3-4,7-8,10,15H2,1-2H3. The first-order chi connectivity index (χ1) is 9.96. The normalized spacial score (nSPS) is 17.7. The largest absolute Gasteiger partial charge is 0.497 e. The Labute approximate surface area is 125 Å². The summed E-state index contributed by atoms with van der Waals surface area (Å²) in [6.07, 6.45) is 3.48. The van der Waals surface area contributed by atoms with E-state index in [0.29, 0.717) is 12.3 Å². The average molecular weight is 314 g/mol. The predicted octanol–water partition coefficient (Wildman–Crippen LogP) is 1.25. The molecule has 1 aliphatic rings. The van der Waals surface area contributed by atoms with Crippen LogP contribution in [-0.2, 0) is 10.0 Å². The van der Waals surface area contributed by atoms with Crippen LogP contribution in [0.15, 0.2) is 23.1 Å². The van der Waals surface area contributed by atoms with Gasteiger partial charge >= 0.3 is 0 Å². The van der Waals surface area contributed by atoms with Crippen LogP contribution in [0.5, 0.6) is 11.5 Å². The highest BCUT2D eigenvalue weighted by atomic mass is 32.2. The van der Waals surface area contributed by atoms with Crippen LogP contribution in [-0.4, -0.2) is 34.7 Å². The van der Waals surface area contributed by atoms with Gasteiger partial charge in [0, 0.05) is 18.2 Å². The summed E-state index contributed by atoms with van der Waals surface area (Å²) in [6.45, 7) is 0.290. The topological polar surface area (TPSA) is 90.6 Å². The Morgan fingerprint density at radius 2 is 1.90 bits per heavy atom. The van der Waals surface area contributed by atoms with Crippen molar-refractivity contribution < 1.29 is 17.9 Å². The van der Waals surface area contributed by atoms with Crippen LogP contribution >= 0.6 is 0 Å². The van der Waals surface area contributed by atoms with E-state index < -0.39 is 15.6 Å². The number of sulfonamides is 1. The van der Waals surface area contributed by atoms with Gasteiger partial charge in [0.2, 0.25) is 10.0 Å². The van der Waals surface area contributed by atoms with Crippen molar-refractivity contribution in [2.24, 2.45) is 5.73 Å². The molecule has 1 aromatic carbocycles. The van der Waals surface area contributed by atoms with Gasteiger partial charge in [0.05, 0.1) is 14.2 Å². The van der Waals surface area contributed by atoms with Crippen molar-refractivity contribution in [2.45, 2.75) is 36.1 Å². The first kappa shape index (κ1) is 16.1. The van der Waals surface area contributed by atoms with Crippen molar-refractivity contribution in [1.29, 1.82) is 0 Å². The van der Waals surface area contributed by atoms with Gasteiger partial charge in [-0.1, -0.05) is 12.8 Å². The van der Waals surface area contributed by atoms with Crippen LogP contribution in [0.3, 0.4) is 0 Å². The fourth-order valence-corrected chi connectivity index (χ4v) is 4.39. The Bertz CT molecular complexity index is 595. The van der Waals surface area contributed by atoms with Gasteiger partial charge in [0.1, 0.15) is 16.4 Å². The number of hydrogen-bond acceptors (Lipinski definition) is 5. The van der Waals surface area contributed by atoms with Crippen LogP contribution < -0.4 is 19.9 Å². The van der Waals surface area contributed by atoms with Crippen molar-refractivity contribution in [2.75, 3.05) is 20.8 Å². The summed E-state index contributed by atoms with van der Waals surface area (Å²) in [4.78, 5) is 0.0732. The molecule has 0 spiro atoms. The lowest BCUT2D eigenvalue weighted by atomic mass is 10.0. The zero-order chi connectivity index (χ0) is 15.5. The highest BCUT2D eigenvalue weighted by Crippen LogP contribution is 2.33. The summed E-state index contributed by atoms with van der Waals surface area (Å²) in [5, 5.41) is 0. The molecular formula is C14H22N2O4S. The fourth-order valence-electron chi connectivity index (χ4n) is 2.73. The second-order valence-corrected chi connectivity index (χ2v) is 6.96. The van der Waals surface area contributed by atoms with Crippen molar-refractivity contribution in [1.82, 2.24) is 4.72 Å². The Balaban J connectivity index is 2.39. The summed E-state index contributed by atoms with van der Waals surface area (Å²) in [7, 11) is -0.795. The lowest BCUT2D eigenvalue weighted by molar-refractivity contribution is 0.383. The van der Waals surface area contributed by atoms with E-state index in [0.717, 1.165) is 25.7 Å². The molecule has 2 rings (SSSR count). The molecule has 0 unspecified atom stereocenters. The van der Waals surface area contributed by atoms with E-state index in [1.54, 1.807) is 12.1 Å². The average Bonchev–Trinajstić information content (AvgIpc) is 2.95. The van der Waals surface area contributed by atoms with E-state index >= 15 is 0 Å². The summed E-state index contributed by atoms with van der Waals surface area (Å²) < 4.78 is 38.4. The smallest absolute Gasteiger partial charge is 0.244 e. The maximum absolute atomic E-state index is 12.7. The number of benzene rings is 1. The van der Waals surface area contributed by atoms with Gasteiger partial charge in [-0.2, -0.15) is 0 Å². The number of nitrogens with one attached hydrogen (secondary N) is 1. The molecule has 1 aromatic rings. The first-order valence-corrected chi connectivity index (χ1v) is 8.41. The molecule has 1 aliphatic carbocycles. The molecule has 3 N–H and O–H groups in total. The zero-order valence-electron chi connectivity index (χ0n) is 12.4. The number of nitrogens with two attached hydrogens (primary N) is 1. The predicted molar refractivity (Wildman–Crippen MR) is 80.1 cm³/mol. The van der Waals surface area contributed by atoms with E-state index in [4.69, 9.17) is 15.2 Å². The second kappa shape index (κ2) is 6.21. The van der Waals surface area contributed by atoms with Crippen LogP contribution in [0, 0.1) is 0 Å². The first-order valence-electron chi connectivity index (χ1n) is 6.92. The molecule has 21 heavy (non-hydrogen) atoms. The van der Waals surface area contributed by atoms with Gasteiger partial charge in [-0.15, -0.1) is 0 Å². The number of methoxy groups -OCH3 is 2. The molecule has 118 valence electrons. The highest BCUT2D eigenvalue weighted by Gasteiger charge is 2.37. The van der Waals surface area contributed by atoms with Crippen LogP contribution in [0.4, 0.5) is 0 Å². The molecule has 0 atom stereocenters. The molecule has 7 heteroatoms. The third-order valence-electron chi connectivity index (χ3n) is 3.96. The van der Waals surface area contributed by atoms with E-state index in [9.17, 15) is 8.42 Å². The Morgan fingerprint density at radius 3 is 2.43 bits per heavy atom. The third-order valence-corrected chi connectivity index (χ3v) is 5.56. The molecule has 0 aliphatic heterocycles. The molecule has 0 aromatic heterocycles. The summed E-state index contributed by atoms with van der Waals surface area (Å²) in [5.74, 6) is 0.748. The lowest BCUT2D eigenvalue weighted by Crippen LogP contribution is -2.51. The van der Waals surface area contributed by atoms with Gasteiger partial charge in [-0.3, -0.25) is 0 Å². The number of ether oxygens (including phenoxy) is 2. The molecule has 6 nitrogen and oxygen atoms in total. The van der Waals surface area contributed by atoms with E-state index in [1.807, 2.05) is 0 Å². The van der Waals surface area contributed by atoms with Gasteiger partial charge in [-0.25, -0.2) is 13.1 Å². The van der Waals surface area contributed by atoms with Crippen LogP contribution in [0.2, 0.25) is 0 Å². The van der Waals surface area contributed by atoms with Crippen molar-refractivity contribution in [3.8, 4) is 11.5 Å². The Morgan fingerprint density at radius 1 is 1.24 bits per heavy atom. The summed E-state index contributed by atoms with van der Waals surface area (Å²) in [6, 6.07) is 4.70. The maximum atomic E-state index is 12.7. The lowest BCUT2D eigenvalue weighted by Gasteiger charge is -2.28. The third kappa shape index (κ3) is 3.30. The van der Waals surface area contributed by atoms with E-state index in [1.165, 1.54) is 20.3 Å². The molecule has 1 fully saturated rings. The van der Waals surface area contributed by atoms with Crippen LogP contribution in [0.25, 0.3) is 0 Å². The molecule has 0 heterocycles. The maximum Gasteiger partial charge on any atom is 0.244 e. The van der Waals surface area contributed by atoms with E-state index in [2.05, 4.69) is 4.72 Å². The number of hydrogen-bond donors (Lipinski definition) is 2. The zero-order valence-corrected chi connectivity index (χ0v) is 13.2. The molecule has 0 bridgehead atoms. The summed E-state index contributed by atoms with van der Waals surface area (Å²) in [5.41, 5.74) is 5.25. The monoisotopic (exact) mass is 314 g/mol. The van der Waals surface area contributed by atoms with Gasteiger partial charge in [-0.05, 0) is 25.0 Å². The minimum Gasteiger partial charge on any atom is -0.497 e. The van der Waals surface area contributed by atoms with Crippen molar-refractivity contribution in [3.05, 3.63) is 18.2 Å². The van der Waals surface area contributed by atoms with Crippen LogP contribution in [0.1, 0.15) is 25.7 Å². The van der Waals surface area contributed by atoms with Gasteiger partial charge in [0.25, 0.3) is 0 Å². The molecule has 1 saturated carbocycles.